The number of hydrazone groups is 1. The van der Waals surface area contributed by atoms with Crippen molar-refractivity contribution in [1.82, 2.24) is 0 Å². The Hall–Kier alpha value is -2.91. The summed E-state index contributed by atoms with van der Waals surface area (Å²) in [5, 5.41) is 8.25. The van der Waals surface area contributed by atoms with Gasteiger partial charge < -0.3 is 0 Å². The van der Waals surface area contributed by atoms with Crippen molar-refractivity contribution in [3.63, 3.8) is 0 Å². The lowest BCUT2D eigenvalue weighted by Crippen LogP contribution is -2.12. The third-order valence-electron chi connectivity index (χ3n) is 4.86. The molecule has 0 saturated heterocycles. The van der Waals surface area contributed by atoms with Crippen LogP contribution in [0.5, 0.6) is 0 Å². The molecular weight excluding hydrogens is 336 g/mol. The molecule has 1 aromatic heterocycles. The fourth-order valence-electron chi connectivity index (χ4n) is 3.57. The zero-order chi connectivity index (χ0) is 17.3. The molecule has 0 amide bonds. The molecule has 0 atom stereocenters. The van der Waals surface area contributed by atoms with E-state index in [1.54, 1.807) is 0 Å². The van der Waals surface area contributed by atoms with Crippen molar-refractivity contribution in [1.29, 1.82) is 0 Å². The fourth-order valence-corrected chi connectivity index (χ4v) is 4.75. The number of nitrogens with zero attached hydrogens (tertiary/aromatic N) is 2. The van der Waals surface area contributed by atoms with Gasteiger partial charge in [0.25, 0.3) is 0 Å². The van der Waals surface area contributed by atoms with Crippen LogP contribution < -0.4 is 5.01 Å². The molecule has 2 nitrogen and oxygen atoms in total. The van der Waals surface area contributed by atoms with E-state index in [1.165, 1.54) is 37.3 Å². The Labute approximate surface area is 157 Å². The first kappa shape index (κ1) is 15.4. The first-order chi connectivity index (χ1) is 12.9. The maximum absolute atomic E-state index is 4.86. The van der Waals surface area contributed by atoms with Crippen molar-refractivity contribution in [3.05, 3.63) is 90.0 Å². The van der Waals surface area contributed by atoms with Crippen LogP contribution in [0.2, 0.25) is 0 Å². The number of hydrogen-bond acceptors (Lipinski definition) is 3. The summed E-state index contributed by atoms with van der Waals surface area (Å²) in [7, 11) is 0. The van der Waals surface area contributed by atoms with E-state index in [-0.39, 0.29) is 0 Å². The summed E-state index contributed by atoms with van der Waals surface area (Å²) in [4.78, 5) is 1.28. The molecule has 3 aromatic carbocycles. The number of benzene rings is 3. The van der Waals surface area contributed by atoms with Crippen LogP contribution in [0, 0.1) is 0 Å². The van der Waals surface area contributed by atoms with Crippen LogP contribution in [-0.4, -0.2) is 12.8 Å². The van der Waals surface area contributed by atoms with Gasteiger partial charge in [-0.3, -0.25) is 5.01 Å². The van der Waals surface area contributed by atoms with E-state index < -0.39 is 0 Å². The van der Waals surface area contributed by atoms with Gasteiger partial charge in [-0.25, -0.2) is 0 Å². The number of fused-ring (bicyclic) bond motifs is 2. The van der Waals surface area contributed by atoms with Crippen LogP contribution in [-0.2, 0) is 6.42 Å². The van der Waals surface area contributed by atoms with Crippen LogP contribution in [0.1, 0.15) is 11.1 Å². The van der Waals surface area contributed by atoms with Crippen molar-refractivity contribution in [2.45, 2.75) is 6.42 Å². The molecule has 0 N–H and O–H groups in total. The van der Waals surface area contributed by atoms with Gasteiger partial charge in [-0.05, 0) is 29.7 Å². The highest BCUT2D eigenvalue weighted by Crippen LogP contribution is 2.38. The molecule has 0 aliphatic carbocycles. The van der Waals surface area contributed by atoms with Crippen LogP contribution >= 0.6 is 11.3 Å². The normalized spacial score (nSPS) is 13.6. The van der Waals surface area contributed by atoms with Gasteiger partial charge in [0.05, 0.1) is 11.9 Å². The molecule has 2 heterocycles. The van der Waals surface area contributed by atoms with E-state index in [2.05, 4.69) is 83.9 Å². The van der Waals surface area contributed by atoms with Gasteiger partial charge in [0.15, 0.2) is 0 Å². The lowest BCUT2D eigenvalue weighted by Gasteiger charge is -2.12. The summed E-state index contributed by atoms with van der Waals surface area (Å²) < 4.78 is 1.30. The molecule has 3 heteroatoms. The average Bonchev–Trinajstić information content (AvgIpc) is 3.28. The number of rotatable bonds is 3. The summed E-state index contributed by atoms with van der Waals surface area (Å²) >= 11 is 1.84. The molecule has 0 fully saturated rings. The maximum atomic E-state index is 4.86. The largest absolute Gasteiger partial charge is 0.265 e. The maximum Gasteiger partial charge on any atom is 0.0626 e. The van der Waals surface area contributed by atoms with Gasteiger partial charge in [-0.15, -0.1) is 11.3 Å². The minimum absolute atomic E-state index is 0.943. The van der Waals surface area contributed by atoms with E-state index in [4.69, 9.17) is 5.10 Å². The van der Waals surface area contributed by atoms with E-state index in [1.807, 2.05) is 17.6 Å². The Morgan fingerprint density at radius 1 is 0.846 bits per heavy atom. The van der Waals surface area contributed by atoms with Crippen molar-refractivity contribution in [3.8, 4) is 10.4 Å². The van der Waals surface area contributed by atoms with E-state index in [0.717, 1.165) is 13.0 Å². The van der Waals surface area contributed by atoms with Crippen LogP contribution in [0.25, 0.3) is 20.5 Å². The molecular formula is C23H18N2S. The SMILES string of the molecule is C(=N\N1CCc2ccccc21)/c1c(-c2ccccc2)sc2ccccc12. The highest BCUT2D eigenvalue weighted by molar-refractivity contribution is 7.22. The van der Waals surface area contributed by atoms with Crippen molar-refractivity contribution < 1.29 is 0 Å². The number of anilines is 1. The van der Waals surface area contributed by atoms with Gasteiger partial charge in [0.1, 0.15) is 0 Å². The first-order valence-electron chi connectivity index (χ1n) is 8.86. The van der Waals surface area contributed by atoms with Crippen LogP contribution in [0.4, 0.5) is 5.69 Å². The Balaban J connectivity index is 1.60. The first-order valence-corrected chi connectivity index (χ1v) is 9.68. The van der Waals surface area contributed by atoms with Crippen molar-refractivity contribution in [2.75, 3.05) is 11.6 Å². The topological polar surface area (TPSA) is 15.6 Å². The van der Waals surface area contributed by atoms with E-state index in [0.29, 0.717) is 0 Å². The third kappa shape index (κ3) is 2.61. The van der Waals surface area contributed by atoms with Gasteiger partial charge in [0, 0.05) is 27.1 Å². The second kappa shape index (κ2) is 6.43. The Kier molecular flexibility index (Phi) is 3.80. The quantitative estimate of drug-likeness (QED) is 0.414. The summed E-state index contributed by atoms with van der Waals surface area (Å²) in [6.45, 7) is 0.943. The summed E-state index contributed by atoms with van der Waals surface area (Å²) in [6.07, 6.45) is 3.10. The van der Waals surface area contributed by atoms with Crippen LogP contribution in [0.15, 0.2) is 84.0 Å². The Bertz CT molecular complexity index is 1100. The molecule has 0 saturated carbocycles. The molecule has 26 heavy (non-hydrogen) atoms. The predicted octanol–water partition coefficient (Wildman–Crippen LogP) is 5.96. The van der Waals surface area contributed by atoms with Gasteiger partial charge in [-0.1, -0.05) is 66.7 Å². The number of hydrogen-bond donors (Lipinski definition) is 0. The molecule has 0 unspecified atom stereocenters. The van der Waals surface area contributed by atoms with E-state index in [9.17, 15) is 0 Å². The molecule has 0 radical (unpaired) electrons. The minimum atomic E-state index is 0.943. The Morgan fingerprint density at radius 2 is 1.62 bits per heavy atom. The third-order valence-corrected chi connectivity index (χ3v) is 6.09. The molecule has 5 rings (SSSR count). The zero-order valence-electron chi connectivity index (χ0n) is 14.3. The molecule has 1 aliphatic rings. The second-order valence-electron chi connectivity index (χ2n) is 6.45. The highest BCUT2D eigenvalue weighted by atomic mass is 32.1. The molecule has 4 aromatic rings. The molecule has 126 valence electrons. The smallest absolute Gasteiger partial charge is 0.0626 e. The Morgan fingerprint density at radius 3 is 2.54 bits per heavy atom. The second-order valence-corrected chi connectivity index (χ2v) is 7.51. The van der Waals surface area contributed by atoms with Crippen LogP contribution in [0.3, 0.4) is 0 Å². The molecule has 0 spiro atoms. The lowest BCUT2D eigenvalue weighted by molar-refractivity contribution is 0.896. The standard InChI is InChI=1S/C23H18N2S/c1-2-9-18(10-3-1)23-20(19-11-5-7-13-22(19)26-23)16-24-25-15-14-17-8-4-6-12-21(17)25/h1-13,16H,14-15H2/b24-16+. The monoisotopic (exact) mass is 354 g/mol. The van der Waals surface area contributed by atoms with Crippen molar-refractivity contribution >= 4 is 33.3 Å². The average molecular weight is 354 g/mol. The van der Waals surface area contributed by atoms with E-state index >= 15 is 0 Å². The highest BCUT2D eigenvalue weighted by Gasteiger charge is 2.18. The van der Waals surface area contributed by atoms with Gasteiger partial charge in [-0.2, -0.15) is 5.10 Å². The number of para-hydroxylation sites is 1. The summed E-state index contributed by atoms with van der Waals surface area (Å²) in [5.74, 6) is 0. The zero-order valence-corrected chi connectivity index (χ0v) is 15.1. The fraction of sp³-hybridized carbons (Fsp3) is 0.0870. The summed E-state index contributed by atoms with van der Waals surface area (Å²) in [5.41, 5.74) is 5.06. The molecule has 1 aliphatic heterocycles. The van der Waals surface area contributed by atoms with Gasteiger partial charge in [0.2, 0.25) is 0 Å². The summed E-state index contributed by atoms with van der Waals surface area (Å²) in [6, 6.07) is 27.7. The van der Waals surface area contributed by atoms with Gasteiger partial charge >= 0.3 is 0 Å². The molecule has 0 bridgehead atoms. The number of thiophene rings is 1. The minimum Gasteiger partial charge on any atom is -0.265 e. The lowest BCUT2D eigenvalue weighted by atomic mass is 10.1. The predicted molar refractivity (Wildman–Crippen MR) is 112 cm³/mol. The van der Waals surface area contributed by atoms with Crippen molar-refractivity contribution in [2.24, 2.45) is 5.10 Å².